The molecule has 9 heteroatoms. The highest BCUT2D eigenvalue weighted by atomic mass is 16.5. The quantitative estimate of drug-likeness (QED) is 0.761. The lowest BCUT2D eigenvalue weighted by atomic mass is 9.76. The summed E-state index contributed by atoms with van der Waals surface area (Å²) in [6, 6.07) is 3.86. The second kappa shape index (κ2) is 7.27. The molecule has 0 unspecified atom stereocenters. The fourth-order valence-corrected chi connectivity index (χ4v) is 5.27. The van der Waals surface area contributed by atoms with Crippen LogP contribution in [0.2, 0.25) is 0 Å². The van der Waals surface area contributed by atoms with Crippen molar-refractivity contribution in [2.75, 3.05) is 26.7 Å². The zero-order valence-electron chi connectivity index (χ0n) is 16.7. The number of aromatic nitrogens is 4. The molecule has 2 bridgehead atoms. The number of rotatable bonds is 4. The van der Waals surface area contributed by atoms with E-state index < -0.39 is 0 Å². The van der Waals surface area contributed by atoms with Crippen LogP contribution in [-0.4, -0.2) is 74.2 Å². The van der Waals surface area contributed by atoms with Gasteiger partial charge in [0.15, 0.2) is 11.5 Å². The molecule has 0 N–H and O–H groups in total. The predicted octanol–water partition coefficient (Wildman–Crippen LogP) is 0.925. The van der Waals surface area contributed by atoms with Gasteiger partial charge in [0, 0.05) is 51.0 Å². The number of amides is 2. The highest BCUT2D eigenvalue weighted by Crippen LogP contribution is 2.38. The first-order chi connectivity index (χ1) is 14.1. The van der Waals surface area contributed by atoms with Gasteiger partial charge < -0.3 is 14.5 Å². The Balaban J connectivity index is 1.25. The van der Waals surface area contributed by atoms with E-state index in [1.807, 2.05) is 4.90 Å². The van der Waals surface area contributed by atoms with E-state index in [1.54, 1.807) is 23.8 Å². The third-order valence-corrected chi connectivity index (χ3v) is 6.61. The second-order valence-electron chi connectivity index (χ2n) is 8.43. The number of nitrogens with zero attached hydrogens (tertiary/aromatic N) is 6. The summed E-state index contributed by atoms with van der Waals surface area (Å²) >= 11 is 0. The van der Waals surface area contributed by atoms with Crippen LogP contribution in [0.25, 0.3) is 5.65 Å². The topological polar surface area (TPSA) is 92.9 Å². The molecule has 2 aromatic heterocycles. The maximum absolute atomic E-state index is 13.0. The lowest BCUT2D eigenvalue weighted by molar-refractivity contribution is -0.148. The first-order valence-electron chi connectivity index (χ1n) is 10.4. The minimum Gasteiger partial charge on any atom is -0.480 e. The molecule has 154 valence electrons. The molecule has 2 amide bonds. The Morgan fingerprint density at radius 2 is 2.14 bits per heavy atom. The number of carbonyl (C=O) groups excluding carboxylic acids is 2. The number of fused-ring (bicyclic) bond motifs is 5. The van der Waals surface area contributed by atoms with E-state index in [0.29, 0.717) is 60.4 Å². The zero-order chi connectivity index (χ0) is 20.0. The summed E-state index contributed by atoms with van der Waals surface area (Å²) in [5.74, 6) is 2.41. The molecule has 3 atom stereocenters. The molecule has 0 aliphatic carbocycles. The summed E-state index contributed by atoms with van der Waals surface area (Å²) in [6.45, 7) is 2.32. The van der Waals surface area contributed by atoms with Crippen molar-refractivity contribution < 1.29 is 14.3 Å². The van der Waals surface area contributed by atoms with Gasteiger partial charge in [0.1, 0.15) is 0 Å². The zero-order valence-corrected chi connectivity index (χ0v) is 16.7. The van der Waals surface area contributed by atoms with Crippen LogP contribution in [0.5, 0.6) is 5.88 Å². The molecule has 29 heavy (non-hydrogen) atoms. The lowest BCUT2D eigenvalue weighted by Crippen LogP contribution is -2.61. The maximum atomic E-state index is 13.0. The van der Waals surface area contributed by atoms with Crippen molar-refractivity contribution in [3.05, 3.63) is 18.0 Å². The molecule has 0 radical (unpaired) electrons. The van der Waals surface area contributed by atoms with Gasteiger partial charge in [-0.3, -0.25) is 9.59 Å². The van der Waals surface area contributed by atoms with Gasteiger partial charge in [-0.15, -0.1) is 15.3 Å². The fourth-order valence-electron chi connectivity index (χ4n) is 5.27. The predicted molar refractivity (Wildman–Crippen MR) is 103 cm³/mol. The summed E-state index contributed by atoms with van der Waals surface area (Å²) in [7, 11) is 1.57. The van der Waals surface area contributed by atoms with Gasteiger partial charge in [-0.1, -0.05) is 0 Å². The van der Waals surface area contributed by atoms with Crippen LogP contribution in [0.1, 0.15) is 37.9 Å². The number of ether oxygens (including phenoxy) is 1. The number of hydrogen-bond acceptors (Lipinski definition) is 6. The summed E-state index contributed by atoms with van der Waals surface area (Å²) in [5.41, 5.74) is 0.641. The SMILES string of the molecule is COc1ccc2nnc(CCC(=O)N3C[C@H]4C[C@@H](C3)[C@H]3CCCC(=O)N3C4)n2n1. The van der Waals surface area contributed by atoms with Crippen molar-refractivity contribution in [3.8, 4) is 5.88 Å². The summed E-state index contributed by atoms with van der Waals surface area (Å²) < 4.78 is 6.81. The van der Waals surface area contributed by atoms with Gasteiger partial charge in [0.2, 0.25) is 17.7 Å². The number of likely N-dealkylation sites (tertiary alicyclic amines) is 1. The van der Waals surface area contributed by atoms with Crippen LogP contribution in [0.3, 0.4) is 0 Å². The molecule has 3 aliphatic heterocycles. The second-order valence-corrected chi connectivity index (χ2v) is 8.43. The van der Waals surface area contributed by atoms with Crippen LogP contribution in [-0.2, 0) is 16.0 Å². The highest BCUT2D eigenvalue weighted by Gasteiger charge is 2.44. The first-order valence-corrected chi connectivity index (χ1v) is 10.4. The van der Waals surface area contributed by atoms with E-state index >= 15 is 0 Å². The summed E-state index contributed by atoms with van der Waals surface area (Å²) in [5, 5.41) is 12.7. The smallest absolute Gasteiger partial charge is 0.231 e. The molecule has 5 rings (SSSR count). The van der Waals surface area contributed by atoms with Gasteiger partial charge in [-0.05, 0) is 37.2 Å². The normalized spacial score (nSPS) is 26.5. The molecule has 9 nitrogen and oxygen atoms in total. The number of carbonyl (C=O) groups is 2. The van der Waals surface area contributed by atoms with Gasteiger partial charge in [-0.25, -0.2) is 0 Å². The molecule has 0 saturated carbocycles. The van der Waals surface area contributed by atoms with Gasteiger partial charge in [-0.2, -0.15) is 4.52 Å². The molecule has 3 aliphatic rings. The van der Waals surface area contributed by atoms with E-state index in [1.165, 1.54) is 0 Å². The average Bonchev–Trinajstić information content (AvgIpc) is 3.14. The monoisotopic (exact) mass is 398 g/mol. The summed E-state index contributed by atoms with van der Waals surface area (Å²) in [4.78, 5) is 29.3. The van der Waals surface area contributed by atoms with E-state index in [0.717, 1.165) is 38.9 Å². The van der Waals surface area contributed by atoms with E-state index in [4.69, 9.17) is 4.74 Å². The van der Waals surface area contributed by atoms with Crippen molar-refractivity contribution >= 4 is 17.5 Å². The van der Waals surface area contributed by atoms with Crippen molar-refractivity contribution in [1.82, 2.24) is 29.6 Å². The van der Waals surface area contributed by atoms with Crippen LogP contribution >= 0.6 is 0 Å². The molecular formula is C20H26N6O3. The molecule has 0 aromatic carbocycles. The molecular weight excluding hydrogens is 372 g/mol. The third-order valence-electron chi connectivity index (χ3n) is 6.61. The third kappa shape index (κ3) is 3.32. The minimum atomic E-state index is 0.148. The van der Waals surface area contributed by atoms with Crippen molar-refractivity contribution in [2.24, 2.45) is 11.8 Å². The molecule has 3 fully saturated rings. The minimum absolute atomic E-state index is 0.148. The van der Waals surface area contributed by atoms with Gasteiger partial charge in [0.05, 0.1) is 7.11 Å². The lowest BCUT2D eigenvalue weighted by Gasteiger charge is -2.52. The Labute approximate surface area is 169 Å². The Hall–Kier alpha value is -2.71. The summed E-state index contributed by atoms with van der Waals surface area (Å²) in [6.07, 6.45) is 4.74. The largest absolute Gasteiger partial charge is 0.480 e. The molecule has 0 spiro atoms. The van der Waals surface area contributed by atoms with Gasteiger partial charge >= 0.3 is 0 Å². The Bertz CT molecular complexity index is 943. The number of piperidine rings is 3. The van der Waals surface area contributed by atoms with Gasteiger partial charge in [0.25, 0.3) is 0 Å². The van der Waals surface area contributed by atoms with Crippen LogP contribution in [0.4, 0.5) is 0 Å². The highest BCUT2D eigenvalue weighted by molar-refractivity contribution is 5.78. The molecule has 2 aromatic rings. The Morgan fingerprint density at radius 1 is 1.24 bits per heavy atom. The molecule has 5 heterocycles. The maximum Gasteiger partial charge on any atom is 0.231 e. The first kappa shape index (κ1) is 18.3. The molecule has 3 saturated heterocycles. The number of methoxy groups -OCH3 is 1. The number of hydrogen-bond donors (Lipinski definition) is 0. The standard InChI is InChI=1S/C20H26N6O3/c1-29-18-7-5-16-21-22-17(26(16)23-18)6-8-19(27)24-10-13-9-14(12-24)15-3-2-4-20(28)25(15)11-13/h5,7,13-15H,2-4,6,8-12H2,1H3/t13-,14+,15-/m1/s1. The fraction of sp³-hybridized carbons (Fsp3) is 0.650. The van der Waals surface area contributed by atoms with Crippen molar-refractivity contribution in [3.63, 3.8) is 0 Å². The van der Waals surface area contributed by atoms with Crippen molar-refractivity contribution in [1.29, 1.82) is 0 Å². The van der Waals surface area contributed by atoms with Crippen LogP contribution in [0, 0.1) is 11.8 Å². The average molecular weight is 398 g/mol. The van der Waals surface area contributed by atoms with E-state index in [9.17, 15) is 9.59 Å². The Morgan fingerprint density at radius 3 is 3.00 bits per heavy atom. The van der Waals surface area contributed by atoms with Crippen molar-refractivity contribution in [2.45, 2.75) is 44.6 Å². The number of aryl methyl sites for hydroxylation is 1. The Kier molecular flexibility index (Phi) is 4.60. The van der Waals surface area contributed by atoms with E-state index in [2.05, 4.69) is 20.2 Å². The van der Waals surface area contributed by atoms with E-state index in [-0.39, 0.29) is 5.91 Å². The van der Waals surface area contributed by atoms with Crippen LogP contribution in [0.15, 0.2) is 12.1 Å². The van der Waals surface area contributed by atoms with Crippen LogP contribution < -0.4 is 4.74 Å².